The number of ether oxygens (including phenoxy) is 1. The predicted octanol–water partition coefficient (Wildman–Crippen LogP) is 3.49. The highest BCUT2D eigenvalue weighted by Gasteiger charge is 2.58. The van der Waals surface area contributed by atoms with E-state index in [0.29, 0.717) is 10.8 Å². The zero-order chi connectivity index (χ0) is 10.4. The van der Waals surface area contributed by atoms with Crippen LogP contribution in [0.25, 0.3) is 0 Å². The monoisotopic (exact) mass is 196 g/mol. The molecule has 2 aliphatic carbocycles. The SMILES string of the molecule is CCOCC1C(C)(C)C2CC[C@]1(C)C2. The van der Waals surface area contributed by atoms with Gasteiger partial charge in [0.15, 0.2) is 0 Å². The molecule has 2 aliphatic rings. The molecule has 0 aromatic heterocycles. The summed E-state index contributed by atoms with van der Waals surface area (Å²) in [5.74, 6) is 1.74. The van der Waals surface area contributed by atoms with E-state index in [-0.39, 0.29) is 0 Å². The van der Waals surface area contributed by atoms with Gasteiger partial charge < -0.3 is 4.74 Å². The first-order valence-corrected chi connectivity index (χ1v) is 6.08. The highest BCUT2D eigenvalue weighted by atomic mass is 16.5. The summed E-state index contributed by atoms with van der Waals surface area (Å²) in [5.41, 5.74) is 1.10. The van der Waals surface area contributed by atoms with Crippen LogP contribution in [0.2, 0.25) is 0 Å². The highest BCUT2D eigenvalue weighted by molar-refractivity contribution is 5.07. The number of hydrogen-bond acceptors (Lipinski definition) is 1. The quantitative estimate of drug-likeness (QED) is 0.671. The molecule has 2 unspecified atom stereocenters. The van der Waals surface area contributed by atoms with E-state index < -0.39 is 0 Å². The summed E-state index contributed by atoms with van der Waals surface area (Å²) in [4.78, 5) is 0. The van der Waals surface area contributed by atoms with Gasteiger partial charge in [0.2, 0.25) is 0 Å². The molecule has 14 heavy (non-hydrogen) atoms. The van der Waals surface area contributed by atoms with Gasteiger partial charge in [-0.1, -0.05) is 20.8 Å². The molecule has 0 heterocycles. The second-order valence-electron chi connectivity index (χ2n) is 6.13. The van der Waals surface area contributed by atoms with E-state index in [1.165, 1.54) is 19.3 Å². The lowest BCUT2D eigenvalue weighted by molar-refractivity contribution is -0.00819. The predicted molar refractivity (Wildman–Crippen MR) is 59.2 cm³/mol. The molecule has 0 aromatic rings. The van der Waals surface area contributed by atoms with Crippen LogP contribution in [-0.2, 0) is 4.74 Å². The Balaban J connectivity index is 2.13. The summed E-state index contributed by atoms with van der Waals surface area (Å²) in [5, 5.41) is 0. The molecule has 0 saturated heterocycles. The average molecular weight is 196 g/mol. The molecule has 0 spiro atoms. The fraction of sp³-hybridized carbons (Fsp3) is 1.00. The third-order valence-corrected chi connectivity index (χ3v) is 5.06. The van der Waals surface area contributed by atoms with E-state index in [0.717, 1.165) is 25.0 Å². The van der Waals surface area contributed by atoms with E-state index in [9.17, 15) is 0 Å². The summed E-state index contributed by atoms with van der Waals surface area (Å²) < 4.78 is 5.67. The Morgan fingerprint density at radius 2 is 2.00 bits per heavy atom. The molecule has 2 saturated carbocycles. The van der Waals surface area contributed by atoms with Crippen LogP contribution in [0.4, 0.5) is 0 Å². The smallest absolute Gasteiger partial charge is 0.0504 e. The second-order valence-corrected chi connectivity index (χ2v) is 6.13. The van der Waals surface area contributed by atoms with Crippen molar-refractivity contribution in [3.8, 4) is 0 Å². The van der Waals surface area contributed by atoms with Gasteiger partial charge in [-0.2, -0.15) is 0 Å². The Morgan fingerprint density at radius 3 is 2.50 bits per heavy atom. The van der Waals surface area contributed by atoms with Crippen molar-refractivity contribution >= 4 is 0 Å². The second kappa shape index (κ2) is 3.23. The Bertz CT molecular complexity index is 217. The standard InChI is InChI=1S/C13H24O/c1-5-14-9-11-12(2,3)10-6-7-13(11,4)8-10/h10-11H,5-9H2,1-4H3/t10?,11?,13-/m1/s1. The summed E-state index contributed by atoms with van der Waals surface area (Å²) in [6, 6.07) is 0. The topological polar surface area (TPSA) is 9.23 Å². The molecule has 0 aliphatic heterocycles. The van der Waals surface area contributed by atoms with Gasteiger partial charge in [-0.05, 0) is 48.9 Å². The van der Waals surface area contributed by atoms with Crippen molar-refractivity contribution in [1.82, 2.24) is 0 Å². The van der Waals surface area contributed by atoms with Gasteiger partial charge in [-0.15, -0.1) is 0 Å². The molecular formula is C13H24O. The van der Waals surface area contributed by atoms with E-state index >= 15 is 0 Å². The van der Waals surface area contributed by atoms with Gasteiger partial charge in [0, 0.05) is 6.61 Å². The van der Waals surface area contributed by atoms with Crippen molar-refractivity contribution in [1.29, 1.82) is 0 Å². The summed E-state index contributed by atoms with van der Waals surface area (Å²) in [6.45, 7) is 11.3. The molecule has 2 fully saturated rings. The van der Waals surface area contributed by atoms with E-state index in [4.69, 9.17) is 4.74 Å². The molecule has 0 amide bonds. The minimum absolute atomic E-state index is 0.516. The molecule has 2 bridgehead atoms. The summed E-state index contributed by atoms with van der Waals surface area (Å²) in [7, 11) is 0. The Labute approximate surface area is 88.2 Å². The van der Waals surface area contributed by atoms with E-state index in [1.54, 1.807) is 0 Å². The van der Waals surface area contributed by atoms with Crippen molar-refractivity contribution in [2.24, 2.45) is 22.7 Å². The third kappa shape index (κ3) is 1.32. The molecule has 1 nitrogen and oxygen atoms in total. The van der Waals surface area contributed by atoms with Gasteiger partial charge in [-0.3, -0.25) is 0 Å². The molecule has 82 valence electrons. The minimum Gasteiger partial charge on any atom is -0.381 e. The maximum Gasteiger partial charge on any atom is 0.0504 e. The van der Waals surface area contributed by atoms with Gasteiger partial charge in [0.1, 0.15) is 0 Å². The molecule has 0 radical (unpaired) electrons. The third-order valence-electron chi connectivity index (χ3n) is 5.06. The first kappa shape index (κ1) is 10.5. The van der Waals surface area contributed by atoms with Crippen LogP contribution in [0.5, 0.6) is 0 Å². The fourth-order valence-corrected chi connectivity index (χ4v) is 4.06. The van der Waals surface area contributed by atoms with Gasteiger partial charge in [-0.25, -0.2) is 0 Å². The van der Waals surface area contributed by atoms with Crippen LogP contribution in [-0.4, -0.2) is 13.2 Å². The van der Waals surface area contributed by atoms with Gasteiger partial charge in [0.05, 0.1) is 6.61 Å². The van der Waals surface area contributed by atoms with E-state index in [1.807, 2.05) is 0 Å². The molecule has 2 rings (SSSR count). The lowest BCUT2D eigenvalue weighted by Crippen LogP contribution is -2.38. The van der Waals surface area contributed by atoms with Crippen molar-refractivity contribution in [3.63, 3.8) is 0 Å². The normalized spacial score (nSPS) is 44.6. The van der Waals surface area contributed by atoms with Crippen LogP contribution < -0.4 is 0 Å². The Morgan fingerprint density at radius 1 is 1.29 bits per heavy atom. The maximum absolute atomic E-state index is 5.67. The number of rotatable bonds is 3. The molecule has 0 N–H and O–H groups in total. The largest absolute Gasteiger partial charge is 0.381 e. The van der Waals surface area contributed by atoms with E-state index in [2.05, 4.69) is 27.7 Å². The van der Waals surface area contributed by atoms with Crippen molar-refractivity contribution in [2.45, 2.75) is 47.0 Å². The molecule has 0 aromatic carbocycles. The molecular weight excluding hydrogens is 172 g/mol. The van der Waals surface area contributed by atoms with Crippen LogP contribution in [0, 0.1) is 22.7 Å². The zero-order valence-corrected chi connectivity index (χ0v) is 10.1. The summed E-state index contributed by atoms with van der Waals surface area (Å²) >= 11 is 0. The number of hydrogen-bond donors (Lipinski definition) is 0. The Kier molecular flexibility index (Phi) is 2.42. The fourth-order valence-electron chi connectivity index (χ4n) is 4.06. The Hall–Kier alpha value is -0.0400. The summed E-state index contributed by atoms with van der Waals surface area (Å²) in [6.07, 6.45) is 4.32. The lowest BCUT2D eigenvalue weighted by Gasteiger charge is -2.42. The van der Waals surface area contributed by atoms with Crippen LogP contribution in [0.15, 0.2) is 0 Å². The van der Waals surface area contributed by atoms with Crippen LogP contribution >= 0.6 is 0 Å². The van der Waals surface area contributed by atoms with Gasteiger partial charge >= 0.3 is 0 Å². The molecule has 1 heteroatoms. The van der Waals surface area contributed by atoms with Gasteiger partial charge in [0.25, 0.3) is 0 Å². The van der Waals surface area contributed by atoms with Crippen molar-refractivity contribution in [3.05, 3.63) is 0 Å². The van der Waals surface area contributed by atoms with Crippen molar-refractivity contribution < 1.29 is 4.74 Å². The average Bonchev–Trinajstić information content (AvgIpc) is 2.55. The lowest BCUT2D eigenvalue weighted by atomic mass is 9.64. The number of fused-ring (bicyclic) bond motifs is 2. The first-order chi connectivity index (χ1) is 6.50. The van der Waals surface area contributed by atoms with Crippen LogP contribution in [0.3, 0.4) is 0 Å². The zero-order valence-electron chi connectivity index (χ0n) is 10.1. The first-order valence-electron chi connectivity index (χ1n) is 6.08. The highest BCUT2D eigenvalue weighted by Crippen LogP contribution is 2.65. The van der Waals surface area contributed by atoms with Crippen molar-refractivity contribution in [2.75, 3.05) is 13.2 Å². The maximum atomic E-state index is 5.67. The minimum atomic E-state index is 0.516. The molecule has 3 atom stereocenters. The van der Waals surface area contributed by atoms with Crippen LogP contribution in [0.1, 0.15) is 47.0 Å².